The minimum atomic E-state index is 0.325. The van der Waals surface area contributed by atoms with Crippen LogP contribution in [-0.2, 0) is 11.2 Å². The number of rotatable bonds is 6. The van der Waals surface area contributed by atoms with Crippen LogP contribution in [0.3, 0.4) is 0 Å². The first-order valence-electron chi connectivity index (χ1n) is 7.26. The molecule has 1 aliphatic rings. The summed E-state index contributed by atoms with van der Waals surface area (Å²) in [4.78, 5) is 14.1. The molecule has 104 valence electrons. The van der Waals surface area contributed by atoms with Gasteiger partial charge in [0.05, 0.1) is 0 Å². The lowest BCUT2D eigenvalue weighted by Gasteiger charge is -2.16. The average Bonchev–Trinajstić information content (AvgIpc) is 2.89. The van der Waals surface area contributed by atoms with Gasteiger partial charge >= 0.3 is 0 Å². The van der Waals surface area contributed by atoms with E-state index < -0.39 is 0 Å². The third-order valence-corrected chi connectivity index (χ3v) is 3.82. The van der Waals surface area contributed by atoms with Crippen LogP contribution < -0.4 is 5.32 Å². The van der Waals surface area contributed by atoms with Gasteiger partial charge in [-0.1, -0.05) is 30.3 Å². The fourth-order valence-electron chi connectivity index (χ4n) is 2.75. The van der Waals surface area contributed by atoms with Crippen molar-refractivity contribution in [1.29, 1.82) is 0 Å². The van der Waals surface area contributed by atoms with Crippen molar-refractivity contribution < 1.29 is 4.79 Å². The van der Waals surface area contributed by atoms with E-state index in [0.29, 0.717) is 18.2 Å². The Bertz CT molecular complexity index is 391. The Balaban J connectivity index is 1.75. The molecule has 1 saturated heterocycles. The first-order valence-corrected chi connectivity index (χ1v) is 7.26. The van der Waals surface area contributed by atoms with Crippen LogP contribution in [0.1, 0.15) is 24.8 Å². The molecule has 1 fully saturated rings. The van der Waals surface area contributed by atoms with Crippen LogP contribution in [-0.4, -0.2) is 37.5 Å². The van der Waals surface area contributed by atoms with E-state index in [1.54, 1.807) is 0 Å². The Morgan fingerprint density at radius 2 is 2.16 bits per heavy atom. The Morgan fingerprint density at radius 3 is 2.89 bits per heavy atom. The highest BCUT2D eigenvalue weighted by molar-refractivity contribution is 5.76. The van der Waals surface area contributed by atoms with Crippen LogP contribution in [0.15, 0.2) is 30.3 Å². The molecule has 3 nitrogen and oxygen atoms in total. The first-order chi connectivity index (χ1) is 9.29. The van der Waals surface area contributed by atoms with E-state index in [1.165, 1.54) is 5.56 Å². The van der Waals surface area contributed by atoms with E-state index in [0.717, 1.165) is 38.9 Å². The number of nitrogens with zero attached hydrogens (tertiary/aromatic N) is 1. The zero-order valence-electron chi connectivity index (χ0n) is 11.8. The largest absolute Gasteiger partial charge is 0.342 e. The number of benzene rings is 1. The summed E-state index contributed by atoms with van der Waals surface area (Å²) < 4.78 is 0. The van der Waals surface area contributed by atoms with Crippen LogP contribution in [0.25, 0.3) is 0 Å². The van der Waals surface area contributed by atoms with Gasteiger partial charge in [0.25, 0.3) is 0 Å². The highest BCUT2D eigenvalue weighted by atomic mass is 16.2. The van der Waals surface area contributed by atoms with Crippen LogP contribution in [0, 0.1) is 5.92 Å². The standard InChI is InChI=1S/C16H24N2O/c1-17-10-5-8-16(19)18-11-9-15(13-18)12-14-6-3-2-4-7-14/h2-4,6-7,15,17H,5,8-13H2,1H3. The molecule has 0 radical (unpaired) electrons. The molecule has 3 heteroatoms. The molecular weight excluding hydrogens is 236 g/mol. The highest BCUT2D eigenvalue weighted by Crippen LogP contribution is 2.21. The van der Waals surface area contributed by atoms with Crippen LogP contribution in [0.4, 0.5) is 0 Å². The number of carbonyl (C=O) groups is 1. The van der Waals surface area contributed by atoms with Gasteiger partial charge < -0.3 is 10.2 Å². The number of likely N-dealkylation sites (tertiary alicyclic amines) is 1. The second-order valence-corrected chi connectivity index (χ2v) is 5.39. The second kappa shape index (κ2) is 7.29. The van der Waals surface area contributed by atoms with E-state index in [2.05, 4.69) is 35.6 Å². The fraction of sp³-hybridized carbons (Fsp3) is 0.562. The Morgan fingerprint density at radius 1 is 1.37 bits per heavy atom. The maximum atomic E-state index is 12.0. The lowest BCUT2D eigenvalue weighted by atomic mass is 9.99. The molecule has 0 aromatic heterocycles. The smallest absolute Gasteiger partial charge is 0.222 e. The normalized spacial score (nSPS) is 18.8. The molecule has 1 heterocycles. The summed E-state index contributed by atoms with van der Waals surface area (Å²) in [7, 11) is 1.93. The topological polar surface area (TPSA) is 32.3 Å². The molecule has 0 saturated carbocycles. The van der Waals surface area contributed by atoms with Crippen LogP contribution in [0.2, 0.25) is 0 Å². The summed E-state index contributed by atoms with van der Waals surface area (Å²) in [6.45, 7) is 2.80. The average molecular weight is 260 g/mol. The van der Waals surface area contributed by atoms with E-state index in [1.807, 2.05) is 11.9 Å². The molecule has 1 aliphatic heterocycles. The van der Waals surface area contributed by atoms with Crippen molar-refractivity contribution in [2.45, 2.75) is 25.7 Å². The van der Waals surface area contributed by atoms with Crippen molar-refractivity contribution in [3.63, 3.8) is 0 Å². The van der Waals surface area contributed by atoms with E-state index in [9.17, 15) is 4.79 Å². The van der Waals surface area contributed by atoms with Gasteiger partial charge in [0.1, 0.15) is 0 Å². The minimum Gasteiger partial charge on any atom is -0.342 e. The van der Waals surface area contributed by atoms with Crippen LogP contribution in [0.5, 0.6) is 0 Å². The van der Waals surface area contributed by atoms with Crippen molar-refractivity contribution in [3.8, 4) is 0 Å². The molecule has 1 aromatic rings. The van der Waals surface area contributed by atoms with Crippen molar-refractivity contribution in [2.24, 2.45) is 5.92 Å². The summed E-state index contributed by atoms with van der Waals surface area (Å²) in [6.07, 6.45) is 3.86. The molecule has 1 N–H and O–H groups in total. The van der Waals surface area contributed by atoms with Gasteiger partial charge in [0.2, 0.25) is 5.91 Å². The highest BCUT2D eigenvalue weighted by Gasteiger charge is 2.25. The molecule has 0 spiro atoms. The second-order valence-electron chi connectivity index (χ2n) is 5.39. The maximum Gasteiger partial charge on any atom is 0.222 e. The zero-order valence-corrected chi connectivity index (χ0v) is 11.8. The van der Waals surface area contributed by atoms with Gasteiger partial charge in [-0.2, -0.15) is 0 Å². The van der Waals surface area contributed by atoms with Gasteiger partial charge in [-0.3, -0.25) is 4.79 Å². The van der Waals surface area contributed by atoms with Gasteiger partial charge in [0, 0.05) is 19.5 Å². The van der Waals surface area contributed by atoms with Gasteiger partial charge in [-0.05, 0) is 44.3 Å². The van der Waals surface area contributed by atoms with Crippen molar-refractivity contribution >= 4 is 5.91 Å². The molecule has 1 amide bonds. The third-order valence-electron chi connectivity index (χ3n) is 3.82. The molecule has 2 rings (SSSR count). The molecule has 1 unspecified atom stereocenters. The Kier molecular flexibility index (Phi) is 5.40. The van der Waals surface area contributed by atoms with Crippen LogP contribution >= 0.6 is 0 Å². The quantitative estimate of drug-likeness (QED) is 0.794. The van der Waals surface area contributed by atoms with Crippen molar-refractivity contribution in [1.82, 2.24) is 10.2 Å². The summed E-state index contributed by atoms with van der Waals surface area (Å²) in [5.41, 5.74) is 1.39. The minimum absolute atomic E-state index is 0.325. The molecule has 0 aliphatic carbocycles. The third kappa shape index (κ3) is 4.35. The van der Waals surface area contributed by atoms with Crippen molar-refractivity contribution in [3.05, 3.63) is 35.9 Å². The SMILES string of the molecule is CNCCCC(=O)N1CCC(Cc2ccccc2)C1. The van der Waals surface area contributed by atoms with E-state index in [4.69, 9.17) is 0 Å². The number of carbonyl (C=O) groups excluding carboxylic acids is 1. The first kappa shape index (κ1) is 14.1. The lowest BCUT2D eigenvalue weighted by Crippen LogP contribution is -2.29. The predicted molar refractivity (Wildman–Crippen MR) is 78.0 cm³/mol. The maximum absolute atomic E-state index is 12.0. The lowest BCUT2D eigenvalue weighted by molar-refractivity contribution is -0.130. The summed E-state index contributed by atoms with van der Waals surface area (Å²) >= 11 is 0. The summed E-state index contributed by atoms with van der Waals surface area (Å²) in [6, 6.07) is 10.6. The Labute approximate surface area is 116 Å². The molecule has 1 atom stereocenters. The number of hydrogen-bond donors (Lipinski definition) is 1. The molecule has 19 heavy (non-hydrogen) atoms. The van der Waals surface area contributed by atoms with Gasteiger partial charge in [-0.25, -0.2) is 0 Å². The predicted octanol–water partition coefficient (Wildman–Crippen LogP) is 2.08. The zero-order chi connectivity index (χ0) is 13.5. The Hall–Kier alpha value is -1.35. The number of hydrogen-bond acceptors (Lipinski definition) is 2. The van der Waals surface area contributed by atoms with E-state index in [-0.39, 0.29) is 0 Å². The molecular formula is C16H24N2O. The van der Waals surface area contributed by atoms with Gasteiger partial charge in [0.15, 0.2) is 0 Å². The number of nitrogens with one attached hydrogen (secondary N) is 1. The van der Waals surface area contributed by atoms with Crippen molar-refractivity contribution in [2.75, 3.05) is 26.7 Å². The summed E-state index contributed by atoms with van der Waals surface area (Å²) in [5.74, 6) is 0.960. The molecule has 1 aromatic carbocycles. The van der Waals surface area contributed by atoms with Gasteiger partial charge in [-0.15, -0.1) is 0 Å². The summed E-state index contributed by atoms with van der Waals surface area (Å²) in [5, 5.41) is 3.08. The monoisotopic (exact) mass is 260 g/mol. The van der Waals surface area contributed by atoms with E-state index >= 15 is 0 Å². The fourth-order valence-corrected chi connectivity index (χ4v) is 2.75. The molecule has 0 bridgehead atoms. The number of amides is 1.